The second kappa shape index (κ2) is 7.65. The molecule has 1 atom stereocenters. The lowest BCUT2D eigenvalue weighted by Gasteiger charge is -2.55. The molecule has 0 aromatic carbocycles. The number of nitrogens with one attached hydrogen (secondary N) is 1. The van der Waals surface area contributed by atoms with Crippen molar-refractivity contribution in [1.82, 2.24) is 20.2 Å². The molecule has 8 nitrogen and oxygen atoms in total. The smallest absolute Gasteiger partial charge is 0.239 e. The van der Waals surface area contributed by atoms with E-state index in [9.17, 15) is 9.18 Å². The normalized spacial score (nSPS) is 24.7. The molecular formula is C18H26FN5O3. The molecule has 1 N–H and O–H groups in total. The maximum Gasteiger partial charge on any atom is 0.239 e. The quantitative estimate of drug-likeness (QED) is 0.671. The number of morpholine rings is 1. The summed E-state index contributed by atoms with van der Waals surface area (Å²) in [4.78, 5) is 24.9. The molecule has 1 aliphatic carbocycles. The Morgan fingerprint density at radius 1 is 1.37 bits per heavy atom. The van der Waals surface area contributed by atoms with Crippen molar-refractivity contribution in [1.29, 1.82) is 0 Å². The Morgan fingerprint density at radius 2 is 2.11 bits per heavy atom. The van der Waals surface area contributed by atoms with Gasteiger partial charge in [-0.15, -0.1) is 0 Å². The first kappa shape index (κ1) is 18.5. The van der Waals surface area contributed by atoms with E-state index in [4.69, 9.17) is 9.47 Å². The van der Waals surface area contributed by atoms with Crippen molar-refractivity contribution in [3.63, 3.8) is 0 Å². The summed E-state index contributed by atoms with van der Waals surface area (Å²) < 4.78 is 24.2. The maximum absolute atomic E-state index is 13.0. The fourth-order valence-corrected chi connectivity index (χ4v) is 3.80. The summed E-state index contributed by atoms with van der Waals surface area (Å²) in [5.41, 5.74) is -0.310. The standard InChI is InChI=1S/C18H26FN5O3/c1-26-5-4-20-16(25)15-9-27-18(10-23(15)8-13-2-3-13)11-24(12-18)17-21-6-14(19)7-22-17/h6-7,13,15H,2-5,8-12H2,1H3,(H,20,25)/t15-/m0/s1. The number of rotatable bonds is 7. The largest absolute Gasteiger partial charge is 0.383 e. The molecule has 9 heteroatoms. The summed E-state index contributed by atoms with van der Waals surface area (Å²) in [6.07, 6.45) is 4.82. The lowest BCUT2D eigenvalue weighted by Crippen LogP contribution is -2.73. The van der Waals surface area contributed by atoms with Crippen LogP contribution in [0.2, 0.25) is 0 Å². The fourth-order valence-electron chi connectivity index (χ4n) is 3.80. The molecule has 3 aliphatic rings. The second-order valence-corrected chi connectivity index (χ2v) is 7.72. The van der Waals surface area contributed by atoms with Crippen molar-refractivity contribution in [2.24, 2.45) is 5.92 Å². The van der Waals surface area contributed by atoms with E-state index in [2.05, 4.69) is 20.2 Å². The Kier molecular flexibility index (Phi) is 5.25. The monoisotopic (exact) mass is 379 g/mol. The molecule has 2 saturated heterocycles. The second-order valence-electron chi connectivity index (χ2n) is 7.72. The topological polar surface area (TPSA) is 79.8 Å². The van der Waals surface area contributed by atoms with Crippen LogP contribution in [0, 0.1) is 11.7 Å². The lowest BCUT2D eigenvalue weighted by atomic mass is 9.90. The molecule has 1 aromatic heterocycles. The molecule has 0 bridgehead atoms. The van der Waals surface area contributed by atoms with Gasteiger partial charge >= 0.3 is 0 Å². The third-order valence-electron chi connectivity index (χ3n) is 5.42. The van der Waals surface area contributed by atoms with E-state index < -0.39 is 5.82 Å². The molecule has 1 amide bonds. The molecule has 1 aromatic rings. The SMILES string of the molecule is COCCNC(=O)[C@@H]1COC2(CN(c3ncc(F)cn3)C2)CN1CC1CC1. The summed E-state index contributed by atoms with van der Waals surface area (Å²) in [5, 5.41) is 2.93. The highest BCUT2D eigenvalue weighted by Gasteiger charge is 2.51. The van der Waals surface area contributed by atoms with Crippen molar-refractivity contribution in [2.75, 3.05) is 57.9 Å². The average molecular weight is 379 g/mol. The molecule has 3 heterocycles. The molecule has 0 unspecified atom stereocenters. The van der Waals surface area contributed by atoms with Crippen LogP contribution in [0.25, 0.3) is 0 Å². The van der Waals surface area contributed by atoms with Crippen molar-refractivity contribution in [3.8, 4) is 0 Å². The number of amides is 1. The molecular weight excluding hydrogens is 353 g/mol. The Hall–Kier alpha value is -1.84. The Labute approximate surface area is 158 Å². The van der Waals surface area contributed by atoms with Gasteiger partial charge in [-0.1, -0.05) is 0 Å². The zero-order valence-corrected chi connectivity index (χ0v) is 15.6. The van der Waals surface area contributed by atoms with Crippen LogP contribution in [0.15, 0.2) is 12.4 Å². The van der Waals surface area contributed by atoms with Gasteiger partial charge in [-0.05, 0) is 18.8 Å². The van der Waals surface area contributed by atoms with Gasteiger partial charge < -0.3 is 19.7 Å². The number of carbonyl (C=O) groups is 1. The molecule has 4 rings (SSSR count). The van der Waals surface area contributed by atoms with Gasteiger partial charge in [0.25, 0.3) is 0 Å². The van der Waals surface area contributed by atoms with E-state index in [0.29, 0.717) is 51.3 Å². The number of aromatic nitrogens is 2. The number of hydrogen-bond acceptors (Lipinski definition) is 7. The number of anilines is 1. The minimum Gasteiger partial charge on any atom is -0.383 e. The van der Waals surface area contributed by atoms with Crippen LogP contribution < -0.4 is 10.2 Å². The van der Waals surface area contributed by atoms with Crippen LogP contribution in [0.5, 0.6) is 0 Å². The summed E-state index contributed by atoms with van der Waals surface area (Å²) in [7, 11) is 1.62. The van der Waals surface area contributed by atoms with E-state index in [0.717, 1.165) is 6.54 Å². The molecule has 1 saturated carbocycles. The van der Waals surface area contributed by atoms with E-state index >= 15 is 0 Å². The van der Waals surface area contributed by atoms with Gasteiger partial charge in [-0.3, -0.25) is 9.69 Å². The summed E-state index contributed by atoms with van der Waals surface area (Å²) in [5.74, 6) is 0.756. The molecule has 27 heavy (non-hydrogen) atoms. The van der Waals surface area contributed by atoms with E-state index in [-0.39, 0.29) is 17.6 Å². The first-order chi connectivity index (χ1) is 13.1. The minimum absolute atomic E-state index is 0.000553. The third-order valence-corrected chi connectivity index (χ3v) is 5.42. The van der Waals surface area contributed by atoms with Crippen molar-refractivity contribution < 1.29 is 18.7 Å². The van der Waals surface area contributed by atoms with Gasteiger partial charge in [0.1, 0.15) is 11.6 Å². The summed E-state index contributed by atoms with van der Waals surface area (Å²) >= 11 is 0. The molecule has 2 aliphatic heterocycles. The van der Waals surface area contributed by atoms with E-state index in [1.807, 2.05) is 4.90 Å². The fraction of sp³-hybridized carbons (Fsp3) is 0.722. The van der Waals surface area contributed by atoms with Crippen LogP contribution in [0.3, 0.4) is 0 Å². The number of methoxy groups -OCH3 is 1. The van der Waals surface area contributed by atoms with Crippen LogP contribution >= 0.6 is 0 Å². The predicted octanol–water partition coefficient (Wildman–Crippen LogP) is 0.0479. The predicted molar refractivity (Wildman–Crippen MR) is 95.9 cm³/mol. The van der Waals surface area contributed by atoms with Crippen LogP contribution in [0.4, 0.5) is 10.3 Å². The van der Waals surface area contributed by atoms with Crippen molar-refractivity contribution >= 4 is 11.9 Å². The van der Waals surface area contributed by atoms with Gasteiger partial charge in [0.15, 0.2) is 5.82 Å². The average Bonchev–Trinajstić information content (AvgIpc) is 3.44. The lowest BCUT2D eigenvalue weighted by molar-refractivity contribution is -0.162. The Bertz CT molecular complexity index is 663. The highest BCUT2D eigenvalue weighted by Crippen LogP contribution is 2.36. The van der Waals surface area contributed by atoms with Crippen LogP contribution in [-0.2, 0) is 14.3 Å². The van der Waals surface area contributed by atoms with Gasteiger partial charge in [-0.25, -0.2) is 14.4 Å². The summed E-state index contributed by atoms with van der Waals surface area (Å²) in [6.45, 7) is 4.33. The Morgan fingerprint density at radius 3 is 2.78 bits per heavy atom. The zero-order valence-electron chi connectivity index (χ0n) is 15.6. The van der Waals surface area contributed by atoms with Gasteiger partial charge in [0, 0.05) is 26.7 Å². The minimum atomic E-state index is -0.444. The van der Waals surface area contributed by atoms with Gasteiger partial charge in [0.2, 0.25) is 11.9 Å². The number of carbonyl (C=O) groups excluding carboxylic acids is 1. The first-order valence-corrected chi connectivity index (χ1v) is 9.46. The van der Waals surface area contributed by atoms with Gasteiger partial charge in [0.05, 0.1) is 38.7 Å². The number of ether oxygens (including phenoxy) is 2. The highest BCUT2D eigenvalue weighted by molar-refractivity contribution is 5.82. The number of halogens is 1. The van der Waals surface area contributed by atoms with Crippen molar-refractivity contribution in [3.05, 3.63) is 18.2 Å². The van der Waals surface area contributed by atoms with Crippen molar-refractivity contribution in [2.45, 2.75) is 24.5 Å². The van der Waals surface area contributed by atoms with Gasteiger partial charge in [-0.2, -0.15) is 0 Å². The number of nitrogens with zero attached hydrogens (tertiary/aromatic N) is 4. The molecule has 0 radical (unpaired) electrons. The van der Waals surface area contributed by atoms with E-state index in [1.165, 1.54) is 25.2 Å². The first-order valence-electron chi connectivity index (χ1n) is 9.46. The van der Waals surface area contributed by atoms with Crippen LogP contribution in [0.1, 0.15) is 12.8 Å². The molecule has 1 spiro atoms. The van der Waals surface area contributed by atoms with E-state index in [1.54, 1.807) is 7.11 Å². The maximum atomic E-state index is 13.0. The van der Waals surface area contributed by atoms with Crippen LogP contribution in [-0.4, -0.2) is 85.5 Å². The molecule has 148 valence electrons. The summed E-state index contributed by atoms with van der Waals surface area (Å²) in [6, 6.07) is -0.260. The zero-order chi connectivity index (χ0) is 18.9. The third kappa shape index (κ3) is 4.20. The number of hydrogen-bond donors (Lipinski definition) is 1. The molecule has 3 fully saturated rings. The highest BCUT2D eigenvalue weighted by atomic mass is 19.1. The Balaban J connectivity index is 1.37.